The minimum Gasteiger partial charge on any atom is -0.392 e. The number of anilines is 1. The topological polar surface area (TPSA) is 95.5 Å². The second kappa shape index (κ2) is 5.90. The standard InChI is InChI=1S/C13H18N2O4S/c1-2-3-10(16)8-14-20(18,19)11-4-5-12-9(6-11)7-13(17)15-12/h4-6,10,14,16H,2-3,7-8H2,1H3,(H,15,17). The summed E-state index contributed by atoms with van der Waals surface area (Å²) in [5.74, 6) is -0.138. The summed E-state index contributed by atoms with van der Waals surface area (Å²) in [5, 5.41) is 12.2. The third kappa shape index (κ3) is 3.36. The van der Waals surface area contributed by atoms with Gasteiger partial charge >= 0.3 is 0 Å². The number of benzene rings is 1. The van der Waals surface area contributed by atoms with E-state index < -0.39 is 16.1 Å². The molecular formula is C13H18N2O4S. The number of rotatable bonds is 6. The molecule has 6 nitrogen and oxygen atoms in total. The van der Waals surface area contributed by atoms with Gasteiger partial charge in [-0.2, -0.15) is 0 Å². The van der Waals surface area contributed by atoms with E-state index in [-0.39, 0.29) is 23.8 Å². The molecule has 1 amide bonds. The third-order valence-corrected chi connectivity index (χ3v) is 4.56. The van der Waals surface area contributed by atoms with Crippen LogP contribution < -0.4 is 10.0 Å². The highest BCUT2D eigenvalue weighted by atomic mass is 32.2. The maximum atomic E-state index is 12.1. The van der Waals surface area contributed by atoms with Gasteiger partial charge in [-0.15, -0.1) is 0 Å². The van der Waals surface area contributed by atoms with E-state index in [1.54, 1.807) is 6.07 Å². The first-order chi connectivity index (χ1) is 9.42. The zero-order chi connectivity index (χ0) is 14.8. The van der Waals surface area contributed by atoms with Crippen molar-refractivity contribution in [1.82, 2.24) is 4.72 Å². The van der Waals surface area contributed by atoms with Crippen molar-refractivity contribution in [3.63, 3.8) is 0 Å². The number of amides is 1. The Morgan fingerprint density at radius 2 is 2.20 bits per heavy atom. The first-order valence-electron chi connectivity index (χ1n) is 6.53. The molecule has 1 aliphatic heterocycles. The number of carbonyl (C=O) groups excluding carboxylic acids is 1. The molecular weight excluding hydrogens is 280 g/mol. The Kier molecular flexibility index (Phi) is 4.42. The lowest BCUT2D eigenvalue weighted by molar-refractivity contribution is -0.115. The SMILES string of the molecule is CCCC(O)CNS(=O)(=O)c1ccc2c(c1)CC(=O)N2. The summed E-state index contributed by atoms with van der Waals surface area (Å²) in [4.78, 5) is 11.3. The number of nitrogens with one attached hydrogen (secondary N) is 2. The van der Waals surface area contributed by atoms with Gasteiger partial charge < -0.3 is 10.4 Å². The van der Waals surface area contributed by atoms with E-state index >= 15 is 0 Å². The van der Waals surface area contributed by atoms with Gasteiger partial charge in [-0.1, -0.05) is 13.3 Å². The summed E-state index contributed by atoms with van der Waals surface area (Å²) in [7, 11) is -3.66. The first-order valence-corrected chi connectivity index (χ1v) is 8.01. The largest absolute Gasteiger partial charge is 0.392 e. The highest BCUT2D eigenvalue weighted by Crippen LogP contribution is 2.25. The maximum absolute atomic E-state index is 12.1. The van der Waals surface area contributed by atoms with E-state index in [1.165, 1.54) is 12.1 Å². The number of aliphatic hydroxyl groups is 1. The average Bonchev–Trinajstić information content (AvgIpc) is 2.76. The molecule has 110 valence electrons. The van der Waals surface area contributed by atoms with E-state index in [9.17, 15) is 18.3 Å². The molecule has 0 bridgehead atoms. The molecule has 0 radical (unpaired) electrons. The van der Waals surface area contributed by atoms with Gasteiger partial charge in [0, 0.05) is 12.2 Å². The van der Waals surface area contributed by atoms with Crippen molar-refractivity contribution >= 4 is 21.6 Å². The molecule has 0 spiro atoms. The number of hydrogen-bond donors (Lipinski definition) is 3. The van der Waals surface area contributed by atoms with Gasteiger partial charge in [0.2, 0.25) is 15.9 Å². The molecule has 3 N–H and O–H groups in total. The zero-order valence-corrected chi connectivity index (χ0v) is 12.0. The van der Waals surface area contributed by atoms with Gasteiger partial charge in [-0.05, 0) is 30.2 Å². The predicted octanol–water partition coefficient (Wildman–Crippen LogP) is 0.620. The van der Waals surface area contributed by atoms with Crippen LogP contribution in [0, 0.1) is 0 Å². The summed E-state index contributed by atoms with van der Waals surface area (Å²) in [6.07, 6.45) is 0.838. The van der Waals surface area contributed by atoms with Crippen LogP contribution in [-0.4, -0.2) is 32.1 Å². The quantitative estimate of drug-likeness (QED) is 0.717. The Morgan fingerprint density at radius 1 is 1.45 bits per heavy atom. The molecule has 0 saturated heterocycles. The summed E-state index contributed by atoms with van der Waals surface area (Å²) in [6, 6.07) is 4.51. The van der Waals surface area contributed by atoms with E-state index in [0.29, 0.717) is 17.7 Å². The molecule has 1 atom stereocenters. The van der Waals surface area contributed by atoms with Crippen molar-refractivity contribution in [2.24, 2.45) is 0 Å². The number of sulfonamides is 1. The number of fused-ring (bicyclic) bond motifs is 1. The molecule has 20 heavy (non-hydrogen) atoms. The molecule has 7 heteroatoms. The third-order valence-electron chi connectivity index (χ3n) is 3.14. The fourth-order valence-corrected chi connectivity index (χ4v) is 3.22. The lowest BCUT2D eigenvalue weighted by atomic mass is 10.2. The van der Waals surface area contributed by atoms with Gasteiger partial charge in [0.25, 0.3) is 0 Å². The smallest absolute Gasteiger partial charge is 0.240 e. The number of hydrogen-bond acceptors (Lipinski definition) is 4. The van der Waals surface area contributed by atoms with Crippen molar-refractivity contribution in [2.45, 2.75) is 37.2 Å². The van der Waals surface area contributed by atoms with Crippen LogP contribution in [0.4, 0.5) is 5.69 Å². The van der Waals surface area contributed by atoms with Gasteiger partial charge in [0.15, 0.2) is 0 Å². The minimum absolute atomic E-state index is 0.00949. The van der Waals surface area contributed by atoms with Crippen molar-refractivity contribution in [1.29, 1.82) is 0 Å². The van der Waals surface area contributed by atoms with Crippen LogP contribution in [0.3, 0.4) is 0 Å². The normalized spacial score (nSPS) is 15.8. The highest BCUT2D eigenvalue weighted by Gasteiger charge is 2.22. The van der Waals surface area contributed by atoms with Crippen LogP contribution in [0.25, 0.3) is 0 Å². The Morgan fingerprint density at radius 3 is 2.90 bits per heavy atom. The summed E-state index contributed by atoms with van der Waals surface area (Å²) in [6.45, 7) is 1.91. The van der Waals surface area contributed by atoms with Gasteiger partial charge in [-0.3, -0.25) is 4.79 Å². The van der Waals surface area contributed by atoms with E-state index in [1.807, 2.05) is 6.92 Å². The van der Waals surface area contributed by atoms with Gasteiger partial charge in [0.1, 0.15) is 0 Å². The Balaban J connectivity index is 2.11. The summed E-state index contributed by atoms with van der Waals surface area (Å²) < 4.78 is 26.6. The molecule has 0 aromatic heterocycles. The Bertz CT molecular complexity index is 613. The van der Waals surface area contributed by atoms with Crippen molar-refractivity contribution in [2.75, 3.05) is 11.9 Å². The van der Waals surface area contributed by atoms with E-state index in [2.05, 4.69) is 10.0 Å². The summed E-state index contributed by atoms with van der Waals surface area (Å²) in [5.41, 5.74) is 1.33. The van der Waals surface area contributed by atoms with Crippen LogP contribution in [0.2, 0.25) is 0 Å². The van der Waals surface area contributed by atoms with Crippen LogP contribution in [-0.2, 0) is 21.2 Å². The summed E-state index contributed by atoms with van der Waals surface area (Å²) >= 11 is 0. The van der Waals surface area contributed by atoms with Crippen molar-refractivity contribution in [3.8, 4) is 0 Å². The van der Waals surface area contributed by atoms with Crippen molar-refractivity contribution < 1.29 is 18.3 Å². The van der Waals surface area contributed by atoms with Crippen LogP contribution >= 0.6 is 0 Å². The molecule has 1 heterocycles. The Labute approximate surface area is 118 Å². The number of carbonyl (C=O) groups is 1. The fraction of sp³-hybridized carbons (Fsp3) is 0.462. The van der Waals surface area contributed by atoms with Gasteiger partial charge in [-0.25, -0.2) is 13.1 Å². The minimum atomic E-state index is -3.66. The molecule has 1 aromatic carbocycles. The predicted molar refractivity (Wildman–Crippen MR) is 74.9 cm³/mol. The second-order valence-electron chi connectivity index (χ2n) is 4.84. The fourth-order valence-electron chi connectivity index (χ4n) is 2.10. The van der Waals surface area contributed by atoms with Crippen LogP contribution in [0.15, 0.2) is 23.1 Å². The Hall–Kier alpha value is -1.44. The van der Waals surface area contributed by atoms with E-state index in [0.717, 1.165) is 6.42 Å². The molecule has 0 aliphatic carbocycles. The molecule has 1 unspecified atom stereocenters. The molecule has 2 rings (SSSR count). The van der Waals surface area contributed by atoms with E-state index in [4.69, 9.17) is 0 Å². The molecule has 0 fully saturated rings. The molecule has 0 saturated carbocycles. The molecule has 1 aliphatic rings. The van der Waals surface area contributed by atoms with Crippen LogP contribution in [0.1, 0.15) is 25.3 Å². The lowest BCUT2D eigenvalue weighted by Crippen LogP contribution is -2.32. The second-order valence-corrected chi connectivity index (χ2v) is 6.61. The van der Waals surface area contributed by atoms with Gasteiger partial charge in [0.05, 0.1) is 17.4 Å². The first kappa shape index (κ1) is 15.0. The van der Waals surface area contributed by atoms with Crippen LogP contribution in [0.5, 0.6) is 0 Å². The average molecular weight is 298 g/mol. The highest BCUT2D eigenvalue weighted by molar-refractivity contribution is 7.89. The zero-order valence-electron chi connectivity index (χ0n) is 11.2. The number of aliphatic hydroxyl groups excluding tert-OH is 1. The lowest BCUT2D eigenvalue weighted by Gasteiger charge is -2.12. The van der Waals surface area contributed by atoms with Crippen molar-refractivity contribution in [3.05, 3.63) is 23.8 Å². The molecule has 1 aromatic rings. The maximum Gasteiger partial charge on any atom is 0.240 e. The monoisotopic (exact) mass is 298 g/mol.